The Bertz CT molecular complexity index is 1570. The molecule has 2 aliphatic rings. The normalized spacial score (nSPS) is 17.5. The Labute approximate surface area is 196 Å². The fourth-order valence-electron chi connectivity index (χ4n) is 4.78. The highest BCUT2D eigenvalue weighted by molar-refractivity contribution is 7.07. The zero-order chi connectivity index (χ0) is 22.2. The summed E-state index contributed by atoms with van der Waals surface area (Å²) < 4.78 is 2.60. The molecule has 0 bridgehead atoms. The Morgan fingerprint density at radius 2 is 1.61 bits per heavy atom. The van der Waals surface area contributed by atoms with Crippen LogP contribution in [-0.2, 0) is 6.42 Å². The predicted molar refractivity (Wildman–Crippen MR) is 136 cm³/mol. The number of thiazole rings is 1. The van der Waals surface area contributed by atoms with Crippen LogP contribution in [0, 0.1) is 0 Å². The predicted octanol–water partition coefficient (Wildman–Crippen LogP) is 4.98. The molecule has 0 unspecified atom stereocenters. The van der Waals surface area contributed by atoms with Crippen molar-refractivity contribution in [2.24, 2.45) is 4.99 Å². The Kier molecular flexibility index (Phi) is 5.00. The summed E-state index contributed by atoms with van der Waals surface area (Å²) in [6.45, 7) is 0. The highest BCUT2D eigenvalue weighted by Crippen LogP contribution is 2.41. The lowest BCUT2D eigenvalue weighted by molar-refractivity contribution is 0.585. The summed E-state index contributed by atoms with van der Waals surface area (Å²) in [4.78, 5) is 19.4. The van der Waals surface area contributed by atoms with E-state index in [0.717, 1.165) is 34.5 Å². The summed E-state index contributed by atoms with van der Waals surface area (Å²) in [5.74, 6) is 0. The Morgan fingerprint density at radius 3 is 2.42 bits per heavy atom. The van der Waals surface area contributed by atoms with Gasteiger partial charge >= 0.3 is 0 Å². The van der Waals surface area contributed by atoms with Gasteiger partial charge < -0.3 is 0 Å². The van der Waals surface area contributed by atoms with Crippen molar-refractivity contribution in [2.45, 2.75) is 18.9 Å². The third kappa shape index (κ3) is 3.53. The lowest BCUT2D eigenvalue weighted by Crippen LogP contribution is -2.38. The van der Waals surface area contributed by atoms with E-state index >= 15 is 0 Å². The zero-order valence-corrected chi connectivity index (χ0v) is 18.8. The Balaban J connectivity index is 1.54. The minimum absolute atomic E-state index is 0.0238. The van der Waals surface area contributed by atoms with Crippen LogP contribution in [0.2, 0.25) is 0 Å². The van der Waals surface area contributed by atoms with Crippen LogP contribution in [0.3, 0.4) is 0 Å². The second-order valence-corrected chi connectivity index (χ2v) is 9.33. The van der Waals surface area contributed by atoms with E-state index in [1.165, 1.54) is 28.0 Å². The summed E-state index contributed by atoms with van der Waals surface area (Å²) in [6.07, 6.45) is 7.77. The van der Waals surface area contributed by atoms with Crippen molar-refractivity contribution in [3.63, 3.8) is 0 Å². The molecule has 4 aromatic rings. The van der Waals surface area contributed by atoms with E-state index in [4.69, 9.17) is 4.99 Å². The van der Waals surface area contributed by atoms with Crippen molar-refractivity contribution in [1.82, 2.24) is 4.57 Å². The number of aryl methyl sites for hydroxylation is 1. The first-order valence-electron chi connectivity index (χ1n) is 11.2. The highest BCUT2D eigenvalue weighted by Gasteiger charge is 2.32. The summed E-state index contributed by atoms with van der Waals surface area (Å²) >= 11 is 1.47. The van der Waals surface area contributed by atoms with Crippen LogP contribution in [0.15, 0.2) is 106 Å². The van der Waals surface area contributed by atoms with Crippen LogP contribution in [0.25, 0.3) is 17.8 Å². The van der Waals surface area contributed by atoms with Gasteiger partial charge in [0.25, 0.3) is 5.56 Å². The molecule has 1 aliphatic heterocycles. The molecule has 1 aromatic heterocycles. The third-order valence-electron chi connectivity index (χ3n) is 6.32. The summed E-state index contributed by atoms with van der Waals surface area (Å²) in [7, 11) is 0. The largest absolute Gasteiger partial charge is 0.272 e. The van der Waals surface area contributed by atoms with E-state index in [2.05, 4.69) is 36.4 Å². The Morgan fingerprint density at radius 1 is 0.879 bits per heavy atom. The van der Waals surface area contributed by atoms with Crippen molar-refractivity contribution in [3.8, 4) is 0 Å². The number of rotatable bonds is 3. The molecule has 0 amide bonds. The van der Waals surface area contributed by atoms with E-state index in [9.17, 15) is 4.79 Å². The van der Waals surface area contributed by atoms with Crippen LogP contribution in [-0.4, -0.2) is 4.57 Å². The van der Waals surface area contributed by atoms with Gasteiger partial charge in [0, 0.05) is 5.56 Å². The van der Waals surface area contributed by atoms with Crippen LogP contribution in [0.4, 0.5) is 0 Å². The van der Waals surface area contributed by atoms with Crippen LogP contribution in [0.5, 0.6) is 0 Å². The molecule has 1 atom stereocenters. The Hall–Kier alpha value is -3.76. The number of benzene rings is 3. The lowest BCUT2D eigenvalue weighted by atomic mass is 9.83. The van der Waals surface area contributed by atoms with Crippen molar-refractivity contribution in [1.29, 1.82) is 0 Å². The SMILES string of the molecule is O=c1/c(=C/C=C/c2ccccc2)sc2n1[C@@H](c1ccccc1)C1=C(N=2)c2ccccc2CC1. The molecule has 0 saturated heterocycles. The highest BCUT2D eigenvalue weighted by atomic mass is 32.1. The van der Waals surface area contributed by atoms with E-state index in [-0.39, 0.29) is 11.6 Å². The first-order chi connectivity index (χ1) is 16.3. The van der Waals surface area contributed by atoms with Crippen molar-refractivity contribution >= 4 is 29.2 Å². The maximum Gasteiger partial charge on any atom is 0.271 e. The van der Waals surface area contributed by atoms with Gasteiger partial charge in [-0.1, -0.05) is 108 Å². The number of allylic oxidation sites excluding steroid dienone is 2. The molecule has 1 aliphatic carbocycles. The molecule has 0 radical (unpaired) electrons. The van der Waals surface area contributed by atoms with Gasteiger partial charge in [-0.15, -0.1) is 0 Å². The lowest BCUT2D eigenvalue weighted by Gasteiger charge is -2.30. The van der Waals surface area contributed by atoms with Crippen molar-refractivity contribution in [2.75, 3.05) is 0 Å². The van der Waals surface area contributed by atoms with Crippen LogP contribution < -0.4 is 14.9 Å². The maximum absolute atomic E-state index is 13.6. The number of hydrogen-bond acceptors (Lipinski definition) is 3. The smallest absolute Gasteiger partial charge is 0.271 e. The van der Waals surface area contributed by atoms with Crippen molar-refractivity contribution in [3.05, 3.63) is 139 Å². The standard InChI is InChI=1S/C29H22N2OS/c32-28-25(17-9-12-20-10-3-1-4-11-20)33-29-30-26-23-16-8-7-13-21(23)18-19-24(26)27(31(28)29)22-14-5-2-6-15-22/h1-17,27H,18-19H2/b12-9+,25-17-/t27-/m0/s1. The fourth-order valence-corrected chi connectivity index (χ4v) is 5.74. The molecule has 160 valence electrons. The molecule has 3 aromatic carbocycles. The molecule has 2 heterocycles. The van der Waals surface area contributed by atoms with Gasteiger partial charge in [0.2, 0.25) is 0 Å². The molecule has 0 saturated carbocycles. The quantitative estimate of drug-likeness (QED) is 0.437. The molecule has 0 N–H and O–H groups in total. The van der Waals surface area contributed by atoms with Crippen LogP contribution >= 0.6 is 11.3 Å². The number of fused-ring (bicyclic) bond motifs is 3. The first-order valence-corrected chi connectivity index (χ1v) is 12.0. The van der Waals surface area contributed by atoms with Gasteiger partial charge in [0.05, 0.1) is 16.3 Å². The van der Waals surface area contributed by atoms with Gasteiger partial charge in [0.1, 0.15) is 0 Å². The zero-order valence-electron chi connectivity index (χ0n) is 18.0. The molecule has 0 fully saturated rings. The monoisotopic (exact) mass is 446 g/mol. The second kappa shape index (κ2) is 8.30. The minimum atomic E-state index is -0.119. The number of hydrogen-bond donors (Lipinski definition) is 0. The third-order valence-corrected chi connectivity index (χ3v) is 7.33. The molecule has 4 heteroatoms. The summed E-state index contributed by atoms with van der Waals surface area (Å²) in [5.41, 5.74) is 7.06. The number of nitrogens with zero attached hydrogens (tertiary/aromatic N) is 2. The van der Waals surface area contributed by atoms with Gasteiger partial charge in [0.15, 0.2) is 4.80 Å². The molecular formula is C29H22N2OS. The average Bonchev–Trinajstić information content (AvgIpc) is 3.18. The van der Waals surface area contributed by atoms with Gasteiger partial charge in [-0.25, -0.2) is 4.99 Å². The minimum Gasteiger partial charge on any atom is -0.272 e. The molecular weight excluding hydrogens is 424 g/mol. The summed E-state index contributed by atoms with van der Waals surface area (Å²) in [5, 5.41) is 0. The topological polar surface area (TPSA) is 34.4 Å². The van der Waals surface area contributed by atoms with E-state index in [0.29, 0.717) is 4.53 Å². The average molecular weight is 447 g/mol. The molecule has 33 heavy (non-hydrogen) atoms. The van der Waals surface area contributed by atoms with Gasteiger partial charge in [-0.3, -0.25) is 9.36 Å². The molecule has 6 rings (SSSR count). The van der Waals surface area contributed by atoms with Crippen LogP contribution in [0.1, 0.15) is 34.7 Å². The number of aromatic nitrogens is 1. The van der Waals surface area contributed by atoms with Crippen molar-refractivity contribution < 1.29 is 0 Å². The van der Waals surface area contributed by atoms with E-state index in [1.54, 1.807) is 0 Å². The molecule has 3 nitrogen and oxygen atoms in total. The first kappa shape index (κ1) is 19.9. The second-order valence-electron chi connectivity index (χ2n) is 8.32. The summed E-state index contributed by atoms with van der Waals surface area (Å²) in [6, 6.07) is 28.9. The van der Waals surface area contributed by atoms with E-state index < -0.39 is 0 Å². The van der Waals surface area contributed by atoms with E-state index in [1.807, 2.05) is 71.3 Å². The fraction of sp³-hybridized carbons (Fsp3) is 0.103. The maximum atomic E-state index is 13.6. The van der Waals surface area contributed by atoms with Gasteiger partial charge in [-0.05, 0) is 41.2 Å². The molecule has 0 spiro atoms. The van der Waals surface area contributed by atoms with Gasteiger partial charge in [-0.2, -0.15) is 0 Å².